The number of Topliss-reactive ketones (excluding diaryl/α,β-unsaturated/α-hetero) is 1. The Morgan fingerprint density at radius 2 is 2.17 bits per heavy atom. The molecule has 1 aromatic carbocycles. The van der Waals surface area contributed by atoms with E-state index >= 15 is 0 Å². The van der Waals surface area contributed by atoms with Crippen molar-refractivity contribution in [1.29, 1.82) is 0 Å². The van der Waals surface area contributed by atoms with Crippen molar-refractivity contribution in [3.05, 3.63) is 23.8 Å². The van der Waals surface area contributed by atoms with Gasteiger partial charge in [-0.15, -0.1) is 0 Å². The molecule has 98 valence electrons. The van der Waals surface area contributed by atoms with E-state index in [9.17, 15) is 4.79 Å². The fourth-order valence-corrected chi connectivity index (χ4v) is 1.64. The average Bonchev–Trinajstić information content (AvgIpc) is 3.18. The van der Waals surface area contributed by atoms with Crippen molar-refractivity contribution in [3.63, 3.8) is 0 Å². The second-order valence-electron chi connectivity index (χ2n) is 4.49. The first-order valence-corrected chi connectivity index (χ1v) is 6.10. The van der Waals surface area contributed by atoms with Crippen LogP contribution in [0.25, 0.3) is 0 Å². The zero-order chi connectivity index (χ0) is 13.0. The third-order valence-electron chi connectivity index (χ3n) is 2.92. The van der Waals surface area contributed by atoms with Crippen LogP contribution in [0, 0.1) is 5.92 Å². The fraction of sp³-hybridized carbons (Fsp3) is 0.500. The number of carbonyl (C=O) groups is 1. The van der Waals surface area contributed by atoms with Gasteiger partial charge in [-0.1, -0.05) is 0 Å². The summed E-state index contributed by atoms with van der Waals surface area (Å²) in [5.41, 5.74) is 0.547. The normalized spacial score (nSPS) is 14.3. The highest BCUT2D eigenvalue weighted by Crippen LogP contribution is 2.29. The second kappa shape index (κ2) is 5.87. The number of rotatable bonds is 7. The van der Waals surface area contributed by atoms with Gasteiger partial charge in [-0.25, -0.2) is 0 Å². The van der Waals surface area contributed by atoms with Gasteiger partial charge >= 0.3 is 0 Å². The monoisotopic (exact) mass is 250 g/mol. The minimum Gasteiger partial charge on any atom is -0.497 e. The number of hydrogen-bond donors (Lipinski definition) is 0. The van der Waals surface area contributed by atoms with E-state index < -0.39 is 0 Å². The molecular formula is C14H18O4. The molecule has 1 fully saturated rings. The van der Waals surface area contributed by atoms with Gasteiger partial charge in [0.2, 0.25) is 0 Å². The van der Waals surface area contributed by atoms with Gasteiger partial charge in [0.15, 0.2) is 12.6 Å². The number of ketones is 1. The highest BCUT2D eigenvalue weighted by molar-refractivity contribution is 5.97. The molecule has 1 aliphatic rings. The van der Waals surface area contributed by atoms with E-state index in [1.54, 1.807) is 25.3 Å². The third kappa shape index (κ3) is 3.47. The molecular weight excluding hydrogens is 232 g/mol. The van der Waals surface area contributed by atoms with Crippen molar-refractivity contribution in [2.45, 2.75) is 19.8 Å². The summed E-state index contributed by atoms with van der Waals surface area (Å²) in [5.74, 6) is 1.84. The summed E-state index contributed by atoms with van der Waals surface area (Å²) in [6.45, 7) is 2.42. The summed E-state index contributed by atoms with van der Waals surface area (Å²) >= 11 is 0. The molecule has 0 spiro atoms. The Balaban J connectivity index is 1.95. The van der Waals surface area contributed by atoms with Crippen molar-refractivity contribution in [2.24, 2.45) is 5.92 Å². The summed E-state index contributed by atoms with van der Waals surface area (Å²) in [4.78, 5) is 11.5. The first-order chi connectivity index (χ1) is 8.70. The third-order valence-corrected chi connectivity index (χ3v) is 2.92. The lowest BCUT2D eigenvalue weighted by Gasteiger charge is -2.11. The van der Waals surface area contributed by atoms with Crippen LogP contribution in [0.1, 0.15) is 30.1 Å². The molecule has 0 heterocycles. The molecule has 0 amide bonds. The molecule has 1 aromatic rings. The first-order valence-electron chi connectivity index (χ1n) is 6.10. The minimum atomic E-state index is -0.0326. The van der Waals surface area contributed by atoms with Crippen LogP contribution in [0.4, 0.5) is 0 Å². The quantitative estimate of drug-likeness (QED) is 0.424. The van der Waals surface area contributed by atoms with E-state index in [-0.39, 0.29) is 12.6 Å². The highest BCUT2D eigenvalue weighted by Gasteiger charge is 2.21. The summed E-state index contributed by atoms with van der Waals surface area (Å²) in [6.07, 6.45) is 2.50. The van der Waals surface area contributed by atoms with Crippen LogP contribution in [-0.2, 0) is 4.74 Å². The average molecular weight is 250 g/mol. The van der Waals surface area contributed by atoms with Gasteiger partial charge in [-0.05, 0) is 37.8 Å². The Morgan fingerprint density at radius 1 is 1.39 bits per heavy atom. The zero-order valence-corrected chi connectivity index (χ0v) is 10.8. The molecule has 4 heteroatoms. The Kier molecular flexibility index (Phi) is 4.20. The van der Waals surface area contributed by atoms with Gasteiger partial charge in [0.05, 0.1) is 19.3 Å². The lowest BCUT2D eigenvalue weighted by atomic mass is 10.1. The SMILES string of the molecule is COc1ccc(C(C)=O)c(OCOCC2CC2)c1. The largest absolute Gasteiger partial charge is 0.497 e. The van der Waals surface area contributed by atoms with Gasteiger partial charge in [-0.2, -0.15) is 0 Å². The maximum Gasteiger partial charge on any atom is 0.189 e. The van der Waals surface area contributed by atoms with E-state index in [4.69, 9.17) is 14.2 Å². The molecule has 0 unspecified atom stereocenters. The molecule has 0 radical (unpaired) electrons. The van der Waals surface area contributed by atoms with Gasteiger partial charge in [0.25, 0.3) is 0 Å². The smallest absolute Gasteiger partial charge is 0.189 e. The van der Waals surface area contributed by atoms with E-state index in [2.05, 4.69) is 0 Å². The molecule has 1 saturated carbocycles. The fourth-order valence-electron chi connectivity index (χ4n) is 1.64. The van der Waals surface area contributed by atoms with E-state index in [0.29, 0.717) is 23.0 Å². The Bertz CT molecular complexity index is 424. The lowest BCUT2D eigenvalue weighted by Crippen LogP contribution is -2.08. The standard InChI is InChI=1S/C14H18O4/c1-10(15)13-6-5-12(16-2)7-14(13)18-9-17-8-11-3-4-11/h5-7,11H,3-4,8-9H2,1-2H3. The number of carbonyl (C=O) groups excluding carboxylic acids is 1. The van der Waals surface area contributed by atoms with Gasteiger partial charge in [-0.3, -0.25) is 4.79 Å². The Morgan fingerprint density at radius 3 is 2.78 bits per heavy atom. The summed E-state index contributed by atoms with van der Waals surface area (Å²) in [7, 11) is 1.58. The lowest BCUT2D eigenvalue weighted by molar-refractivity contribution is 0.00951. The van der Waals surface area contributed by atoms with E-state index in [1.165, 1.54) is 19.8 Å². The van der Waals surface area contributed by atoms with Crippen LogP contribution in [0.15, 0.2) is 18.2 Å². The maximum absolute atomic E-state index is 11.5. The Hall–Kier alpha value is -1.55. The van der Waals surface area contributed by atoms with Crippen LogP contribution in [0.2, 0.25) is 0 Å². The van der Waals surface area contributed by atoms with Crippen LogP contribution in [-0.4, -0.2) is 26.3 Å². The topological polar surface area (TPSA) is 44.8 Å². The molecule has 0 aromatic heterocycles. The van der Waals surface area contributed by atoms with Crippen LogP contribution in [0.3, 0.4) is 0 Å². The van der Waals surface area contributed by atoms with Crippen LogP contribution < -0.4 is 9.47 Å². The minimum absolute atomic E-state index is 0.0326. The number of methoxy groups -OCH3 is 1. The molecule has 0 aliphatic heterocycles. The van der Waals surface area contributed by atoms with Crippen molar-refractivity contribution in [1.82, 2.24) is 0 Å². The first kappa shape index (κ1) is 12.9. The van der Waals surface area contributed by atoms with Crippen molar-refractivity contribution < 1.29 is 19.0 Å². The zero-order valence-electron chi connectivity index (χ0n) is 10.8. The molecule has 0 N–H and O–H groups in total. The predicted octanol–water partition coefficient (Wildman–Crippen LogP) is 2.66. The summed E-state index contributed by atoms with van der Waals surface area (Å²) in [5, 5.41) is 0. The molecule has 2 rings (SSSR count). The van der Waals surface area contributed by atoms with Crippen molar-refractivity contribution >= 4 is 5.78 Å². The van der Waals surface area contributed by atoms with Crippen molar-refractivity contribution in [3.8, 4) is 11.5 Å². The van der Waals surface area contributed by atoms with Gasteiger partial charge in [0, 0.05) is 6.07 Å². The molecule has 1 aliphatic carbocycles. The van der Waals surface area contributed by atoms with Gasteiger partial charge < -0.3 is 14.2 Å². The second-order valence-corrected chi connectivity index (χ2v) is 4.49. The number of ether oxygens (including phenoxy) is 3. The number of hydrogen-bond acceptors (Lipinski definition) is 4. The van der Waals surface area contributed by atoms with E-state index in [0.717, 1.165) is 6.61 Å². The van der Waals surface area contributed by atoms with Crippen LogP contribution in [0.5, 0.6) is 11.5 Å². The maximum atomic E-state index is 11.5. The molecule has 0 bridgehead atoms. The number of benzene rings is 1. The predicted molar refractivity (Wildman–Crippen MR) is 67.2 cm³/mol. The Labute approximate surface area is 107 Å². The molecule has 0 saturated heterocycles. The molecule has 4 nitrogen and oxygen atoms in total. The summed E-state index contributed by atoms with van der Waals surface area (Å²) in [6, 6.07) is 5.16. The molecule has 0 atom stereocenters. The van der Waals surface area contributed by atoms with Crippen LogP contribution >= 0.6 is 0 Å². The molecule has 18 heavy (non-hydrogen) atoms. The van der Waals surface area contributed by atoms with Crippen molar-refractivity contribution in [2.75, 3.05) is 20.5 Å². The summed E-state index contributed by atoms with van der Waals surface area (Å²) < 4.78 is 16.0. The highest BCUT2D eigenvalue weighted by atomic mass is 16.7. The van der Waals surface area contributed by atoms with E-state index in [1.807, 2.05) is 0 Å². The van der Waals surface area contributed by atoms with Gasteiger partial charge in [0.1, 0.15) is 11.5 Å².